The number of nitrogens with zero attached hydrogens (tertiary/aromatic N) is 2. The van der Waals surface area contributed by atoms with E-state index >= 15 is 0 Å². The Morgan fingerprint density at radius 2 is 2.05 bits per heavy atom. The topological polar surface area (TPSA) is 55.1 Å². The van der Waals surface area contributed by atoms with Gasteiger partial charge in [0.15, 0.2) is 0 Å². The Balaban J connectivity index is 2.35. The summed E-state index contributed by atoms with van der Waals surface area (Å²) in [7, 11) is 0. The van der Waals surface area contributed by atoms with Gasteiger partial charge in [0.1, 0.15) is 5.82 Å². The summed E-state index contributed by atoms with van der Waals surface area (Å²) in [6.07, 6.45) is 5.49. The van der Waals surface area contributed by atoms with Gasteiger partial charge in [0.2, 0.25) is 0 Å². The summed E-state index contributed by atoms with van der Waals surface area (Å²) in [6.45, 7) is 6.91. The zero-order valence-corrected chi connectivity index (χ0v) is 12.2. The Morgan fingerprint density at radius 1 is 1.30 bits per heavy atom. The summed E-state index contributed by atoms with van der Waals surface area (Å²) in [5.74, 6) is 0.107. The molecule has 1 aromatic carbocycles. The fourth-order valence-corrected chi connectivity index (χ4v) is 2.44. The number of benzene rings is 1. The second-order valence-corrected chi connectivity index (χ2v) is 5.11. The summed E-state index contributed by atoms with van der Waals surface area (Å²) in [6, 6.07) is 3.71. The first kappa shape index (κ1) is 14.3. The zero-order valence-electron chi connectivity index (χ0n) is 12.2. The molecule has 0 saturated heterocycles. The second kappa shape index (κ2) is 5.90. The van der Waals surface area contributed by atoms with E-state index in [9.17, 15) is 9.90 Å². The van der Waals surface area contributed by atoms with Gasteiger partial charge in [-0.1, -0.05) is 13.0 Å². The fourth-order valence-electron chi connectivity index (χ4n) is 2.44. The summed E-state index contributed by atoms with van der Waals surface area (Å²) < 4.78 is 2.12. The predicted octanol–water partition coefficient (Wildman–Crippen LogP) is 3.20. The Bertz CT molecular complexity index is 629. The maximum absolute atomic E-state index is 11.2. The molecular formula is C16H20N2O2. The number of carbonyl (C=O) groups is 1. The van der Waals surface area contributed by atoms with Gasteiger partial charge >= 0.3 is 5.97 Å². The van der Waals surface area contributed by atoms with Crippen LogP contribution in [0.5, 0.6) is 0 Å². The number of aryl methyl sites for hydroxylation is 3. The van der Waals surface area contributed by atoms with Crippen molar-refractivity contribution in [3.8, 4) is 0 Å². The van der Waals surface area contributed by atoms with Crippen molar-refractivity contribution >= 4 is 5.97 Å². The monoisotopic (exact) mass is 272 g/mol. The minimum atomic E-state index is -0.874. The molecule has 0 fully saturated rings. The Morgan fingerprint density at radius 3 is 2.70 bits per heavy atom. The summed E-state index contributed by atoms with van der Waals surface area (Å²) in [5, 5.41) is 9.23. The van der Waals surface area contributed by atoms with Crippen LogP contribution in [0.15, 0.2) is 24.5 Å². The number of carboxylic acid groups (broad SMARTS) is 1. The van der Waals surface area contributed by atoms with Gasteiger partial charge in [-0.15, -0.1) is 0 Å². The lowest BCUT2D eigenvalue weighted by Crippen LogP contribution is -2.07. The van der Waals surface area contributed by atoms with Crippen molar-refractivity contribution in [2.24, 2.45) is 0 Å². The number of imidazole rings is 1. The molecule has 0 saturated carbocycles. The third kappa shape index (κ3) is 2.90. The van der Waals surface area contributed by atoms with Crippen LogP contribution in [0.3, 0.4) is 0 Å². The fraction of sp³-hybridized carbons (Fsp3) is 0.375. The average molecular weight is 272 g/mol. The number of carboxylic acids is 1. The molecule has 0 aliphatic heterocycles. The minimum Gasteiger partial charge on any atom is -0.478 e. The number of hydrogen-bond donors (Lipinski definition) is 1. The standard InChI is InChI=1S/C16H20N2O2/c1-4-6-18-7-5-17-15(18)10-13-9-14(16(19)20)12(3)8-11(13)2/h5,7-9H,4,6,10H2,1-3H3,(H,19,20). The van der Waals surface area contributed by atoms with E-state index in [0.29, 0.717) is 12.0 Å². The van der Waals surface area contributed by atoms with Crippen LogP contribution in [0.1, 0.15) is 46.2 Å². The molecule has 4 nitrogen and oxygen atoms in total. The van der Waals surface area contributed by atoms with Crippen molar-refractivity contribution in [1.29, 1.82) is 0 Å². The molecule has 0 radical (unpaired) electrons. The van der Waals surface area contributed by atoms with E-state index in [-0.39, 0.29) is 0 Å². The van der Waals surface area contributed by atoms with Gasteiger partial charge in [-0.25, -0.2) is 9.78 Å². The van der Waals surface area contributed by atoms with Crippen LogP contribution < -0.4 is 0 Å². The van der Waals surface area contributed by atoms with Crippen molar-refractivity contribution in [2.45, 2.75) is 40.2 Å². The molecule has 0 aliphatic carbocycles. The molecule has 1 heterocycles. The smallest absolute Gasteiger partial charge is 0.335 e. The molecule has 2 aromatic rings. The van der Waals surface area contributed by atoms with Crippen LogP contribution in [-0.4, -0.2) is 20.6 Å². The minimum absolute atomic E-state index is 0.374. The van der Waals surface area contributed by atoms with E-state index in [1.807, 2.05) is 26.1 Å². The second-order valence-electron chi connectivity index (χ2n) is 5.11. The summed E-state index contributed by atoms with van der Waals surface area (Å²) in [4.78, 5) is 15.6. The van der Waals surface area contributed by atoms with E-state index in [1.165, 1.54) is 0 Å². The quantitative estimate of drug-likeness (QED) is 0.909. The van der Waals surface area contributed by atoms with E-state index in [2.05, 4.69) is 16.5 Å². The first-order chi connectivity index (χ1) is 9.52. The highest BCUT2D eigenvalue weighted by Crippen LogP contribution is 2.19. The summed E-state index contributed by atoms with van der Waals surface area (Å²) in [5.41, 5.74) is 3.31. The van der Waals surface area contributed by atoms with Crippen LogP contribution in [0.2, 0.25) is 0 Å². The first-order valence-corrected chi connectivity index (χ1v) is 6.86. The Labute approximate surface area is 119 Å². The molecule has 0 atom stereocenters. The highest BCUT2D eigenvalue weighted by atomic mass is 16.4. The van der Waals surface area contributed by atoms with Gasteiger partial charge in [-0.05, 0) is 43.0 Å². The first-order valence-electron chi connectivity index (χ1n) is 6.86. The van der Waals surface area contributed by atoms with Crippen LogP contribution in [0, 0.1) is 13.8 Å². The van der Waals surface area contributed by atoms with Crippen molar-refractivity contribution in [3.63, 3.8) is 0 Å². The third-order valence-electron chi connectivity index (χ3n) is 3.53. The number of aromatic carboxylic acids is 1. The molecule has 0 amide bonds. The molecule has 0 unspecified atom stereocenters. The number of hydrogen-bond acceptors (Lipinski definition) is 2. The maximum atomic E-state index is 11.2. The number of rotatable bonds is 5. The van der Waals surface area contributed by atoms with E-state index in [1.54, 1.807) is 12.3 Å². The van der Waals surface area contributed by atoms with Crippen LogP contribution in [0.25, 0.3) is 0 Å². The molecule has 2 rings (SSSR count). The third-order valence-corrected chi connectivity index (χ3v) is 3.53. The zero-order chi connectivity index (χ0) is 14.7. The molecule has 0 spiro atoms. The van der Waals surface area contributed by atoms with Crippen molar-refractivity contribution in [2.75, 3.05) is 0 Å². The molecule has 20 heavy (non-hydrogen) atoms. The maximum Gasteiger partial charge on any atom is 0.335 e. The predicted molar refractivity (Wildman–Crippen MR) is 78.2 cm³/mol. The van der Waals surface area contributed by atoms with Crippen LogP contribution >= 0.6 is 0 Å². The van der Waals surface area contributed by atoms with Crippen LogP contribution in [-0.2, 0) is 13.0 Å². The molecule has 4 heteroatoms. The lowest BCUT2D eigenvalue weighted by atomic mass is 9.98. The molecule has 0 bridgehead atoms. The highest BCUT2D eigenvalue weighted by Gasteiger charge is 2.12. The largest absolute Gasteiger partial charge is 0.478 e. The van der Waals surface area contributed by atoms with Gasteiger partial charge in [0, 0.05) is 25.4 Å². The van der Waals surface area contributed by atoms with Crippen molar-refractivity contribution in [1.82, 2.24) is 9.55 Å². The SMILES string of the molecule is CCCn1ccnc1Cc1cc(C(=O)O)c(C)cc1C. The normalized spacial score (nSPS) is 10.8. The lowest BCUT2D eigenvalue weighted by Gasteiger charge is -2.11. The molecule has 1 N–H and O–H groups in total. The van der Waals surface area contributed by atoms with Gasteiger partial charge in [0.05, 0.1) is 5.56 Å². The van der Waals surface area contributed by atoms with E-state index in [4.69, 9.17) is 0 Å². The van der Waals surface area contributed by atoms with Gasteiger partial charge in [0.25, 0.3) is 0 Å². The number of aromatic nitrogens is 2. The van der Waals surface area contributed by atoms with Crippen molar-refractivity contribution in [3.05, 3.63) is 52.6 Å². The van der Waals surface area contributed by atoms with Crippen LogP contribution in [0.4, 0.5) is 0 Å². The lowest BCUT2D eigenvalue weighted by molar-refractivity contribution is 0.0696. The summed E-state index contributed by atoms with van der Waals surface area (Å²) >= 11 is 0. The molecule has 0 aliphatic rings. The Kier molecular flexibility index (Phi) is 4.23. The van der Waals surface area contributed by atoms with Crippen molar-refractivity contribution < 1.29 is 9.90 Å². The van der Waals surface area contributed by atoms with E-state index < -0.39 is 5.97 Å². The Hall–Kier alpha value is -2.10. The molecular weight excluding hydrogens is 252 g/mol. The average Bonchev–Trinajstić information content (AvgIpc) is 2.80. The van der Waals surface area contributed by atoms with Gasteiger partial charge in [-0.2, -0.15) is 0 Å². The molecule has 106 valence electrons. The van der Waals surface area contributed by atoms with E-state index in [0.717, 1.165) is 35.5 Å². The molecule has 1 aromatic heterocycles. The van der Waals surface area contributed by atoms with Gasteiger partial charge in [-0.3, -0.25) is 0 Å². The highest BCUT2D eigenvalue weighted by molar-refractivity contribution is 5.89. The van der Waals surface area contributed by atoms with Gasteiger partial charge < -0.3 is 9.67 Å².